The Bertz CT molecular complexity index is 1460. The molecule has 0 radical (unpaired) electrons. The van der Waals surface area contributed by atoms with Crippen LogP contribution in [-0.2, 0) is 19.1 Å². The standard InChI is InChI=1S/C26H24ClNO6/c1-12(2)33-26(31)20-14(4)28-13(3)19(25(30)32-5)22(20)21-17(27)11-10-16-23(29)15-8-6-7-9-18(15)34-24(16)21/h6-12,22,28H,1-5H3. The lowest BCUT2D eigenvalue weighted by Crippen LogP contribution is -2.33. The van der Waals surface area contributed by atoms with E-state index in [4.69, 9.17) is 25.5 Å². The van der Waals surface area contributed by atoms with E-state index >= 15 is 0 Å². The summed E-state index contributed by atoms with van der Waals surface area (Å²) in [6, 6.07) is 10.0. The molecule has 8 heteroatoms. The summed E-state index contributed by atoms with van der Waals surface area (Å²) in [5.74, 6) is -2.25. The van der Waals surface area contributed by atoms with Gasteiger partial charge in [-0.25, -0.2) is 9.59 Å². The minimum Gasteiger partial charge on any atom is -0.466 e. The molecular weight excluding hydrogens is 458 g/mol. The molecule has 0 spiro atoms. The van der Waals surface area contributed by atoms with Crippen molar-refractivity contribution < 1.29 is 23.5 Å². The van der Waals surface area contributed by atoms with Crippen LogP contribution in [0.2, 0.25) is 5.02 Å². The molecule has 7 nitrogen and oxygen atoms in total. The third-order valence-electron chi connectivity index (χ3n) is 5.75. The van der Waals surface area contributed by atoms with Crippen LogP contribution >= 0.6 is 11.6 Å². The van der Waals surface area contributed by atoms with Gasteiger partial charge in [-0.15, -0.1) is 0 Å². The first-order valence-electron chi connectivity index (χ1n) is 10.8. The smallest absolute Gasteiger partial charge is 0.337 e. The fraction of sp³-hybridized carbons (Fsp3) is 0.269. The van der Waals surface area contributed by atoms with Gasteiger partial charge in [-0.2, -0.15) is 0 Å². The number of nitrogens with one attached hydrogen (secondary N) is 1. The molecule has 1 N–H and O–H groups in total. The number of dihydropyridines is 1. The van der Waals surface area contributed by atoms with Crippen LogP contribution in [0.1, 0.15) is 39.2 Å². The molecule has 0 amide bonds. The van der Waals surface area contributed by atoms with E-state index in [2.05, 4.69) is 5.32 Å². The third-order valence-corrected chi connectivity index (χ3v) is 6.08. The summed E-state index contributed by atoms with van der Waals surface area (Å²) in [5, 5.41) is 4.01. The first kappa shape index (κ1) is 23.6. The number of esters is 2. The molecular formula is C26H24ClNO6. The lowest BCUT2D eigenvalue weighted by molar-refractivity contribution is -0.143. The van der Waals surface area contributed by atoms with Gasteiger partial charge in [0.15, 0.2) is 0 Å². The van der Waals surface area contributed by atoms with Gasteiger partial charge in [-0.3, -0.25) is 4.79 Å². The molecule has 2 heterocycles. The predicted molar refractivity (Wildman–Crippen MR) is 130 cm³/mol. The average Bonchev–Trinajstić information content (AvgIpc) is 2.77. The molecule has 4 rings (SSSR count). The van der Waals surface area contributed by atoms with Crippen molar-refractivity contribution in [1.29, 1.82) is 0 Å². The summed E-state index contributed by atoms with van der Waals surface area (Å²) < 4.78 is 16.7. The second-order valence-corrected chi connectivity index (χ2v) is 8.75. The first-order chi connectivity index (χ1) is 16.1. The van der Waals surface area contributed by atoms with Gasteiger partial charge in [0.25, 0.3) is 0 Å². The average molecular weight is 482 g/mol. The van der Waals surface area contributed by atoms with E-state index in [1.807, 2.05) is 0 Å². The Hall–Kier alpha value is -3.58. The Labute approximate surface area is 201 Å². The van der Waals surface area contributed by atoms with Crippen LogP contribution in [0.15, 0.2) is 68.2 Å². The number of rotatable bonds is 4. The topological polar surface area (TPSA) is 94.8 Å². The molecule has 3 aromatic rings. The van der Waals surface area contributed by atoms with E-state index in [1.165, 1.54) is 7.11 Å². The molecule has 2 aromatic carbocycles. The Morgan fingerprint density at radius 3 is 2.29 bits per heavy atom. The molecule has 1 atom stereocenters. The molecule has 1 aliphatic rings. The Kier molecular flexibility index (Phi) is 6.23. The largest absolute Gasteiger partial charge is 0.466 e. The maximum Gasteiger partial charge on any atom is 0.337 e. The zero-order chi connectivity index (χ0) is 24.7. The van der Waals surface area contributed by atoms with Crippen LogP contribution in [0.3, 0.4) is 0 Å². The maximum atomic E-state index is 13.3. The fourth-order valence-electron chi connectivity index (χ4n) is 4.34. The van der Waals surface area contributed by atoms with Gasteiger partial charge in [0.1, 0.15) is 11.2 Å². The van der Waals surface area contributed by atoms with Gasteiger partial charge in [-0.05, 0) is 52.0 Å². The normalized spacial score (nSPS) is 16.3. The lowest BCUT2D eigenvalue weighted by atomic mass is 9.79. The van der Waals surface area contributed by atoms with Gasteiger partial charge in [0.05, 0.1) is 41.1 Å². The van der Waals surface area contributed by atoms with Crippen LogP contribution in [-0.4, -0.2) is 25.2 Å². The predicted octanol–water partition coefficient (Wildman–Crippen LogP) is 4.96. The molecule has 0 saturated carbocycles. The van der Waals surface area contributed by atoms with Gasteiger partial charge in [0.2, 0.25) is 5.43 Å². The van der Waals surface area contributed by atoms with Crippen molar-refractivity contribution in [3.05, 3.63) is 79.7 Å². The molecule has 34 heavy (non-hydrogen) atoms. The number of hydrogen-bond acceptors (Lipinski definition) is 7. The van der Waals surface area contributed by atoms with Crippen LogP contribution in [0.4, 0.5) is 0 Å². The molecule has 176 valence electrons. The number of para-hydroxylation sites is 1. The van der Waals surface area contributed by atoms with Crippen molar-refractivity contribution in [3.63, 3.8) is 0 Å². The fourth-order valence-corrected chi connectivity index (χ4v) is 4.60. The minimum absolute atomic E-state index is 0.175. The monoisotopic (exact) mass is 481 g/mol. The SMILES string of the molecule is COC(=O)C1=C(C)NC(C)=C(C(=O)OC(C)C)C1c1c(Cl)ccc2c(=O)c3ccccc3oc12. The van der Waals surface area contributed by atoms with Crippen molar-refractivity contribution in [2.75, 3.05) is 7.11 Å². The van der Waals surface area contributed by atoms with E-state index in [0.717, 1.165) is 0 Å². The molecule has 0 fully saturated rings. The number of allylic oxidation sites excluding steroid dienone is 2. The summed E-state index contributed by atoms with van der Waals surface area (Å²) in [6.45, 7) is 6.89. The summed E-state index contributed by atoms with van der Waals surface area (Å²) in [5.41, 5.74) is 1.99. The quantitative estimate of drug-likeness (QED) is 0.415. The van der Waals surface area contributed by atoms with Gasteiger partial charge in [-0.1, -0.05) is 23.7 Å². The van der Waals surface area contributed by atoms with Gasteiger partial charge in [0, 0.05) is 22.0 Å². The summed E-state index contributed by atoms with van der Waals surface area (Å²) in [6.07, 6.45) is -0.396. The van der Waals surface area contributed by atoms with Crippen LogP contribution in [0.25, 0.3) is 21.9 Å². The Morgan fingerprint density at radius 2 is 1.65 bits per heavy atom. The van der Waals surface area contributed by atoms with Gasteiger partial charge >= 0.3 is 11.9 Å². The van der Waals surface area contributed by atoms with E-state index in [9.17, 15) is 14.4 Å². The highest BCUT2D eigenvalue weighted by Crippen LogP contribution is 2.45. The van der Waals surface area contributed by atoms with Gasteiger partial charge < -0.3 is 19.2 Å². The second-order valence-electron chi connectivity index (χ2n) is 8.35. The highest BCUT2D eigenvalue weighted by atomic mass is 35.5. The molecule has 1 aromatic heterocycles. The number of carbonyl (C=O) groups excluding carboxylic acids is 2. The van der Waals surface area contributed by atoms with Crippen molar-refractivity contribution in [3.8, 4) is 0 Å². The number of benzene rings is 2. The lowest BCUT2D eigenvalue weighted by Gasteiger charge is -2.31. The first-order valence-corrected chi connectivity index (χ1v) is 11.1. The van der Waals surface area contributed by atoms with E-state index in [0.29, 0.717) is 27.9 Å². The summed E-state index contributed by atoms with van der Waals surface area (Å²) >= 11 is 6.69. The van der Waals surface area contributed by atoms with E-state index < -0.39 is 24.0 Å². The van der Waals surface area contributed by atoms with Crippen LogP contribution < -0.4 is 10.7 Å². The molecule has 0 bridgehead atoms. The van der Waals surface area contributed by atoms with E-state index in [1.54, 1.807) is 64.1 Å². The highest BCUT2D eigenvalue weighted by Gasteiger charge is 2.40. The number of carbonyl (C=O) groups is 2. The maximum absolute atomic E-state index is 13.3. The van der Waals surface area contributed by atoms with Crippen LogP contribution in [0.5, 0.6) is 0 Å². The van der Waals surface area contributed by atoms with Crippen molar-refractivity contribution >= 4 is 45.5 Å². The highest BCUT2D eigenvalue weighted by molar-refractivity contribution is 6.32. The number of ether oxygens (including phenoxy) is 2. The summed E-state index contributed by atoms with van der Waals surface area (Å²) in [4.78, 5) is 39.5. The van der Waals surface area contributed by atoms with Crippen LogP contribution in [0, 0.1) is 0 Å². The third kappa shape index (κ3) is 3.86. The van der Waals surface area contributed by atoms with Crippen molar-refractivity contribution in [2.45, 2.75) is 39.7 Å². The molecule has 1 aliphatic heterocycles. The number of hydrogen-bond donors (Lipinski definition) is 1. The number of fused-ring (bicyclic) bond motifs is 2. The van der Waals surface area contributed by atoms with Crippen molar-refractivity contribution in [1.82, 2.24) is 5.32 Å². The second kappa shape index (κ2) is 8.99. The minimum atomic E-state index is -0.986. The number of halogens is 1. The Morgan fingerprint density at radius 1 is 1.00 bits per heavy atom. The molecule has 1 unspecified atom stereocenters. The van der Waals surface area contributed by atoms with E-state index in [-0.39, 0.29) is 32.6 Å². The number of methoxy groups -OCH3 is 1. The van der Waals surface area contributed by atoms with Crippen molar-refractivity contribution in [2.24, 2.45) is 0 Å². The molecule has 0 saturated heterocycles. The molecule has 0 aliphatic carbocycles. The summed E-state index contributed by atoms with van der Waals surface area (Å²) in [7, 11) is 1.26. The zero-order valence-corrected chi connectivity index (χ0v) is 20.2. The zero-order valence-electron chi connectivity index (χ0n) is 19.4. The Balaban J connectivity index is 2.12.